The molecule has 0 saturated carbocycles. The number of carbonyl (C=O) groups excluding carboxylic acids is 1. The number of carbonyl (C=O) groups is 1. The molecule has 0 rings (SSSR count). The van der Waals surface area contributed by atoms with Crippen LogP contribution in [-0.4, -0.2) is 113 Å². The highest BCUT2D eigenvalue weighted by molar-refractivity contribution is 5.79. The van der Waals surface area contributed by atoms with Gasteiger partial charge in [0.25, 0.3) is 0 Å². The molecule has 1 atom stereocenters. The zero-order valence-corrected chi connectivity index (χ0v) is 15.5. The SMILES string of the molecule is CC[N+](C)(C)CC(=O)CC[N+](C)(C)CC(O)C[N+](C)(C)C. The number of aliphatic hydroxyl groups is 1. The van der Waals surface area contributed by atoms with Crippen LogP contribution in [0.2, 0.25) is 0 Å². The van der Waals surface area contributed by atoms with E-state index < -0.39 is 0 Å². The Morgan fingerprint density at radius 2 is 1.48 bits per heavy atom. The maximum atomic E-state index is 12.1. The van der Waals surface area contributed by atoms with Crippen LogP contribution in [0.1, 0.15) is 13.3 Å². The number of ketones is 1. The van der Waals surface area contributed by atoms with E-state index in [1.807, 2.05) is 0 Å². The molecule has 0 aliphatic heterocycles. The maximum Gasteiger partial charge on any atom is 0.192 e. The van der Waals surface area contributed by atoms with Crippen molar-refractivity contribution in [3.05, 3.63) is 0 Å². The van der Waals surface area contributed by atoms with Gasteiger partial charge in [0.2, 0.25) is 0 Å². The Balaban J connectivity index is 4.27. The summed E-state index contributed by atoms with van der Waals surface area (Å²) in [7, 11) is 14.6. The molecular weight excluding hydrogens is 266 g/mol. The number of likely N-dealkylation sites (N-methyl/N-ethyl adjacent to an activating group) is 3. The molecule has 5 nitrogen and oxygen atoms in total. The summed E-state index contributed by atoms with van der Waals surface area (Å²) in [5.74, 6) is 0.314. The molecule has 0 aromatic carbocycles. The molecule has 0 heterocycles. The molecule has 21 heavy (non-hydrogen) atoms. The van der Waals surface area contributed by atoms with Gasteiger partial charge in [-0.1, -0.05) is 0 Å². The average molecular weight is 304 g/mol. The van der Waals surface area contributed by atoms with Crippen molar-refractivity contribution >= 4 is 5.78 Å². The number of hydrogen-bond acceptors (Lipinski definition) is 2. The van der Waals surface area contributed by atoms with Crippen LogP contribution in [0, 0.1) is 0 Å². The Kier molecular flexibility index (Phi) is 7.50. The lowest BCUT2D eigenvalue weighted by molar-refractivity contribution is -0.907. The first kappa shape index (κ1) is 20.5. The van der Waals surface area contributed by atoms with Crippen LogP contribution in [0.5, 0.6) is 0 Å². The van der Waals surface area contributed by atoms with Gasteiger partial charge in [-0.05, 0) is 6.92 Å². The van der Waals surface area contributed by atoms with Crippen molar-refractivity contribution < 1.29 is 23.4 Å². The van der Waals surface area contributed by atoms with Gasteiger partial charge in [-0.2, -0.15) is 0 Å². The lowest BCUT2D eigenvalue weighted by Crippen LogP contribution is -2.52. The maximum absolute atomic E-state index is 12.1. The van der Waals surface area contributed by atoms with Gasteiger partial charge in [0.1, 0.15) is 19.6 Å². The molecule has 0 aromatic heterocycles. The second-order valence-electron chi connectivity index (χ2n) is 8.67. The highest BCUT2D eigenvalue weighted by Gasteiger charge is 2.26. The molecule has 0 saturated heterocycles. The zero-order chi connectivity index (χ0) is 16.9. The quantitative estimate of drug-likeness (QED) is 0.585. The minimum atomic E-state index is -0.335. The topological polar surface area (TPSA) is 37.3 Å². The summed E-state index contributed by atoms with van der Waals surface area (Å²) in [6.45, 7) is 5.87. The van der Waals surface area contributed by atoms with Crippen LogP contribution in [-0.2, 0) is 4.79 Å². The van der Waals surface area contributed by atoms with Crippen molar-refractivity contribution in [2.24, 2.45) is 0 Å². The highest BCUT2D eigenvalue weighted by Crippen LogP contribution is 2.06. The summed E-state index contributed by atoms with van der Waals surface area (Å²) in [6.07, 6.45) is 0.254. The van der Waals surface area contributed by atoms with E-state index in [-0.39, 0.29) is 6.10 Å². The van der Waals surface area contributed by atoms with Gasteiger partial charge in [0, 0.05) is 0 Å². The van der Waals surface area contributed by atoms with Crippen molar-refractivity contribution in [1.29, 1.82) is 0 Å². The predicted octanol–water partition coefficient (Wildman–Crippen LogP) is 0.185. The molecule has 0 bridgehead atoms. The molecule has 0 aliphatic carbocycles. The number of rotatable bonds is 10. The van der Waals surface area contributed by atoms with Crippen molar-refractivity contribution in [2.75, 3.05) is 82.1 Å². The third kappa shape index (κ3) is 10.8. The van der Waals surface area contributed by atoms with E-state index in [1.165, 1.54) is 0 Å². The molecule has 0 radical (unpaired) electrons. The third-order valence-corrected chi connectivity index (χ3v) is 3.92. The van der Waals surface area contributed by atoms with Crippen molar-refractivity contribution in [3.63, 3.8) is 0 Å². The molecule has 126 valence electrons. The summed E-state index contributed by atoms with van der Waals surface area (Å²) in [4.78, 5) is 12.1. The fraction of sp³-hybridized carbons (Fsp3) is 0.938. The van der Waals surface area contributed by atoms with Crippen LogP contribution in [0.3, 0.4) is 0 Å². The molecule has 0 aromatic rings. The van der Waals surface area contributed by atoms with Crippen molar-refractivity contribution in [3.8, 4) is 0 Å². The molecule has 0 amide bonds. The van der Waals surface area contributed by atoms with Crippen LogP contribution >= 0.6 is 0 Å². The smallest absolute Gasteiger partial charge is 0.192 e. The van der Waals surface area contributed by atoms with E-state index in [2.05, 4.69) is 56.3 Å². The van der Waals surface area contributed by atoms with Crippen LogP contribution < -0.4 is 0 Å². The monoisotopic (exact) mass is 304 g/mol. The summed E-state index contributed by atoms with van der Waals surface area (Å²) in [5, 5.41) is 10.2. The highest BCUT2D eigenvalue weighted by atomic mass is 16.3. The molecule has 0 fully saturated rings. The van der Waals surface area contributed by atoms with Gasteiger partial charge in [-0.25, -0.2) is 0 Å². The summed E-state index contributed by atoms with van der Waals surface area (Å²) in [5.41, 5.74) is 0. The third-order valence-electron chi connectivity index (χ3n) is 3.92. The fourth-order valence-corrected chi connectivity index (χ4v) is 2.45. The largest absolute Gasteiger partial charge is 0.382 e. The Labute approximate surface area is 131 Å². The van der Waals surface area contributed by atoms with E-state index in [0.717, 1.165) is 28.6 Å². The van der Waals surface area contributed by atoms with E-state index >= 15 is 0 Å². The molecule has 1 N–H and O–H groups in total. The zero-order valence-electron chi connectivity index (χ0n) is 15.5. The normalized spacial score (nSPS) is 15.1. The van der Waals surface area contributed by atoms with E-state index in [1.54, 1.807) is 0 Å². The van der Waals surface area contributed by atoms with Crippen molar-refractivity contribution in [1.82, 2.24) is 0 Å². The standard InChI is InChI=1S/C16H38N3O2/c1-9-18(5,6)13-15(20)10-11-19(7,8)14-16(21)12-17(2,3)4/h16,21H,9-14H2,1-8H3/q+3. The van der Waals surface area contributed by atoms with Crippen LogP contribution in [0.25, 0.3) is 0 Å². The second-order valence-corrected chi connectivity index (χ2v) is 8.67. The van der Waals surface area contributed by atoms with E-state index in [4.69, 9.17) is 0 Å². The fourth-order valence-electron chi connectivity index (χ4n) is 2.45. The summed E-state index contributed by atoms with van der Waals surface area (Å²) in [6, 6.07) is 0. The number of nitrogens with zero attached hydrogens (tertiary/aromatic N) is 3. The average Bonchev–Trinajstić information content (AvgIpc) is 2.22. The molecule has 0 spiro atoms. The predicted molar refractivity (Wildman–Crippen MR) is 87.9 cm³/mol. The first-order valence-corrected chi connectivity index (χ1v) is 7.90. The minimum absolute atomic E-state index is 0.314. The lowest BCUT2D eigenvalue weighted by Gasteiger charge is -2.34. The Hall–Kier alpha value is -0.490. The van der Waals surface area contributed by atoms with Gasteiger partial charge < -0.3 is 18.6 Å². The number of Topliss-reactive ketones (excluding diaryl/α,β-unsaturated/α-hetero) is 1. The number of aliphatic hydroxyl groups excluding tert-OH is 1. The van der Waals surface area contributed by atoms with Crippen molar-refractivity contribution in [2.45, 2.75) is 19.4 Å². The van der Waals surface area contributed by atoms with Gasteiger partial charge in [0.05, 0.1) is 68.8 Å². The summed E-state index contributed by atoms with van der Waals surface area (Å²) >= 11 is 0. The molecular formula is C16H38N3O2+3. The minimum Gasteiger partial charge on any atom is -0.382 e. The Bertz CT molecular complexity index is 333. The molecule has 5 heteroatoms. The Morgan fingerprint density at radius 1 is 0.952 bits per heavy atom. The van der Waals surface area contributed by atoms with Gasteiger partial charge in [0.15, 0.2) is 11.9 Å². The summed E-state index contributed by atoms with van der Waals surface area (Å²) < 4.78 is 2.19. The van der Waals surface area contributed by atoms with E-state index in [9.17, 15) is 9.90 Å². The first-order chi connectivity index (χ1) is 9.26. The second kappa shape index (κ2) is 7.68. The van der Waals surface area contributed by atoms with Gasteiger partial charge in [-0.15, -0.1) is 0 Å². The first-order valence-electron chi connectivity index (χ1n) is 7.90. The van der Waals surface area contributed by atoms with Gasteiger partial charge in [-0.3, -0.25) is 4.79 Å². The van der Waals surface area contributed by atoms with Gasteiger partial charge >= 0.3 is 0 Å². The van der Waals surface area contributed by atoms with Crippen LogP contribution in [0.15, 0.2) is 0 Å². The number of quaternary nitrogens is 3. The lowest BCUT2D eigenvalue weighted by atomic mass is 10.2. The Morgan fingerprint density at radius 3 is 1.90 bits per heavy atom. The van der Waals surface area contributed by atoms with Crippen LogP contribution in [0.4, 0.5) is 0 Å². The molecule has 1 unspecified atom stereocenters. The van der Waals surface area contributed by atoms with E-state index in [0.29, 0.717) is 29.8 Å². The molecule has 0 aliphatic rings. The number of hydrogen-bond donors (Lipinski definition) is 1.